The largest absolute Gasteiger partial charge is 0.383 e. The molecule has 6 nitrogen and oxygen atoms in total. The maximum absolute atomic E-state index is 5.67. The SMILES string of the molecule is COCCN1CCC(CN(C)Cc2nc(C(c3ccccc3)c3ccccc3)no2)C1. The third-order valence-corrected chi connectivity index (χ3v) is 5.96. The molecule has 4 rings (SSSR count). The van der Waals surface area contributed by atoms with Gasteiger partial charge in [-0.15, -0.1) is 0 Å². The Labute approximate surface area is 184 Å². The van der Waals surface area contributed by atoms with Crippen molar-refractivity contribution in [1.29, 1.82) is 0 Å². The van der Waals surface area contributed by atoms with E-state index in [9.17, 15) is 0 Å². The molecular weight excluding hydrogens is 388 g/mol. The second kappa shape index (κ2) is 10.7. The topological polar surface area (TPSA) is 54.6 Å². The van der Waals surface area contributed by atoms with E-state index in [-0.39, 0.29) is 5.92 Å². The quantitative estimate of drug-likeness (QED) is 0.499. The van der Waals surface area contributed by atoms with Crippen LogP contribution in [0.25, 0.3) is 0 Å². The van der Waals surface area contributed by atoms with Crippen molar-refractivity contribution in [2.24, 2.45) is 5.92 Å². The zero-order valence-corrected chi connectivity index (χ0v) is 18.5. The van der Waals surface area contributed by atoms with Crippen LogP contribution in [-0.2, 0) is 11.3 Å². The van der Waals surface area contributed by atoms with Gasteiger partial charge in [0.25, 0.3) is 0 Å². The summed E-state index contributed by atoms with van der Waals surface area (Å²) in [5.74, 6) is 2.02. The lowest BCUT2D eigenvalue weighted by Gasteiger charge is -2.20. The molecular formula is C25H32N4O2. The maximum atomic E-state index is 5.67. The van der Waals surface area contributed by atoms with Crippen LogP contribution in [0.3, 0.4) is 0 Å². The average Bonchev–Trinajstić information content (AvgIpc) is 3.43. The number of hydrogen-bond acceptors (Lipinski definition) is 6. The summed E-state index contributed by atoms with van der Waals surface area (Å²) in [4.78, 5) is 9.56. The molecule has 164 valence electrons. The second-order valence-corrected chi connectivity index (χ2v) is 8.45. The third kappa shape index (κ3) is 5.79. The summed E-state index contributed by atoms with van der Waals surface area (Å²) in [5.41, 5.74) is 2.33. The van der Waals surface area contributed by atoms with E-state index in [1.807, 2.05) is 12.1 Å². The monoisotopic (exact) mass is 420 g/mol. The standard InChI is InChI=1S/C25H32N4O2/c1-28(17-20-13-14-29(18-20)15-16-30-2)19-23-26-25(27-31-23)24(21-9-5-3-6-10-21)22-11-7-4-8-12-22/h3-12,20,24H,13-19H2,1-2H3. The first kappa shape index (κ1) is 21.7. The summed E-state index contributed by atoms with van der Waals surface area (Å²) in [5, 5.41) is 4.37. The molecule has 3 aromatic rings. The maximum Gasteiger partial charge on any atom is 0.240 e. The molecule has 0 radical (unpaired) electrons. The molecule has 6 heteroatoms. The number of likely N-dealkylation sites (tertiary alicyclic amines) is 1. The highest BCUT2D eigenvalue weighted by atomic mass is 16.5. The minimum Gasteiger partial charge on any atom is -0.383 e. The van der Waals surface area contributed by atoms with Gasteiger partial charge in [-0.05, 0) is 37.1 Å². The van der Waals surface area contributed by atoms with Crippen LogP contribution in [0.1, 0.15) is 35.2 Å². The Balaban J connectivity index is 1.41. The van der Waals surface area contributed by atoms with Gasteiger partial charge in [-0.3, -0.25) is 4.90 Å². The molecule has 0 saturated carbocycles. The van der Waals surface area contributed by atoms with Gasteiger partial charge in [0.2, 0.25) is 5.89 Å². The first-order valence-corrected chi connectivity index (χ1v) is 11.0. The molecule has 1 fully saturated rings. The molecule has 2 heterocycles. The third-order valence-electron chi connectivity index (χ3n) is 5.96. The highest BCUT2D eigenvalue weighted by Gasteiger charge is 2.25. The first-order valence-electron chi connectivity index (χ1n) is 11.0. The van der Waals surface area contributed by atoms with Crippen molar-refractivity contribution in [3.8, 4) is 0 Å². The Bertz CT molecular complexity index is 876. The molecule has 1 atom stereocenters. The highest BCUT2D eigenvalue weighted by Crippen LogP contribution is 2.30. The van der Waals surface area contributed by atoms with Crippen molar-refractivity contribution < 1.29 is 9.26 Å². The number of methoxy groups -OCH3 is 1. The van der Waals surface area contributed by atoms with E-state index in [0.717, 1.165) is 43.9 Å². The lowest BCUT2D eigenvalue weighted by Crippen LogP contribution is -2.29. The van der Waals surface area contributed by atoms with Gasteiger partial charge in [-0.1, -0.05) is 65.8 Å². The summed E-state index contributed by atoms with van der Waals surface area (Å²) in [6.07, 6.45) is 1.23. The van der Waals surface area contributed by atoms with Crippen LogP contribution in [0.2, 0.25) is 0 Å². The fraction of sp³-hybridized carbons (Fsp3) is 0.440. The van der Waals surface area contributed by atoms with Crippen LogP contribution in [0.5, 0.6) is 0 Å². The van der Waals surface area contributed by atoms with Crippen LogP contribution in [0.4, 0.5) is 0 Å². The van der Waals surface area contributed by atoms with Crippen LogP contribution in [0.15, 0.2) is 65.2 Å². The zero-order chi connectivity index (χ0) is 21.5. The van der Waals surface area contributed by atoms with E-state index in [4.69, 9.17) is 14.2 Å². The van der Waals surface area contributed by atoms with Crippen LogP contribution >= 0.6 is 0 Å². The minimum absolute atomic E-state index is 0.0330. The number of rotatable bonds is 10. The van der Waals surface area contributed by atoms with Crippen LogP contribution in [0, 0.1) is 5.92 Å². The van der Waals surface area contributed by atoms with E-state index in [0.29, 0.717) is 24.2 Å². The van der Waals surface area contributed by atoms with E-state index in [1.165, 1.54) is 6.42 Å². The number of aromatic nitrogens is 2. The molecule has 0 N–H and O–H groups in total. The van der Waals surface area contributed by atoms with Crippen molar-refractivity contribution in [2.75, 3.05) is 46.9 Å². The normalized spacial score (nSPS) is 17.1. The van der Waals surface area contributed by atoms with Gasteiger partial charge in [-0.25, -0.2) is 0 Å². The number of ether oxygens (including phenoxy) is 1. The average molecular weight is 421 g/mol. The zero-order valence-electron chi connectivity index (χ0n) is 18.5. The minimum atomic E-state index is -0.0330. The summed E-state index contributed by atoms with van der Waals surface area (Å²) in [6.45, 7) is 5.80. The van der Waals surface area contributed by atoms with Gasteiger partial charge in [-0.2, -0.15) is 4.98 Å². The van der Waals surface area contributed by atoms with E-state index < -0.39 is 0 Å². The molecule has 0 spiro atoms. The van der Waals surface area contributed by atoms with Crippen molar-refractivity contribution in [3.63, 3.8) is 0 Å². The van der Waals surface area contributed by atoms with Gasteiger partial charge in [0.05, 0.1) is 19.1 Å². The predicted octanol–water partition coefficient (Wildman–Crippen LogP) is 3.65. The fourth-order valence-electron chi connectivity index (χ4n) is 4.45. The number of nitrogens with zero attached hydrogens (tertiary/aromatic N) is 4. The Kier molecular flexibility index (Phi) is 7.46. The lowest BCUT2D eigenvalue weighted by atomic mass is 9.91. The van der Waals surface area contributed by atoms with Crippen LogP contribution < -0.4 is 0 Å². The van der Waals surface area contributed by atoms with Crippen molar-refractivity contribution >= 4 is 0 Å². The number of benzene rings is 2. The van der Waals surface area contributed by atoms with Crippen molar-refractivity contribution in [2.45, 2.75) is 18.9 Å². The first-order chi connectivity index (χ1) is 15.2. The molecule has 0 bridgehead atoms. The van der Waals surface area contributed by atoms with Crippen molar-refractivity contribution in [1.82, 2.24) is 19.9 Å². The summed E-state index contributed by atoms with van der Waals surface area (Å²) < 4.78 is 10.9. The Hall–Kier alpha value is -2.54. The second-order valence-electron chi connectivity index (χ2n) is 8.45. The van der Waals surface area contributed by atoms with Gasteiger partial charge < -0.3 is 14.2 Å². The summed E-state index contributed by atoms with van der Waals surface area (Å²) in [6, 6.07) is 20.8. The molecule has 31 heavy (non-hydrogen) atoms. The van der Waals surface area contributed by atoms with Crippen LogP contribution in [-0.4, -0.2) is 66.9 Å². The van der Waals surface area contributed by atoms with E-state index in [2.05, 4.69) is 70.5 Å². The van der Waals surface area contributed by atoms with Crippen molar-refractivity contribution in [3.05, 3.63) is 83.5 Å². The Morgan fingerprint density at radius 3 is 2.42 bits per heavy atom. The molecule has 1 saturated heterocycles. The summed E-state index contributed by atoms with van der Waals surface area (Å²) in [7, 11) is 3.90. The van der Waals surface area contributed by atoms with Gasteiger partial charge in [0, 0.05) is 26.7 Å². The highest BCUT2D eigenvalue weighted by molar-refractivity contribution is 5.37. The van der Waals surface area contributed by atoms with E-state index in [1.54, 1.807) is 7.11 Å². The molecule has 2 aromatic carbocycles. The Morgan fingerprint density at radius 1 is 1.10 bits per heavy atom. The lowest BCUT2D eigenvalue weighted by molar-refractivity contribution is 0.156. The molecule has 0 aliphatic carbocycles. The Morgan fingerprint density at radius 2 is 1.77 bits per heavy atom. The van der Waals surface area contributed by atoms with Gasteiger partial charge in [0.15, 0.2) is 5.82 Å². The molecule has 1 aliphatic heterocycles. The molecule has 0 amide bonds. The van der Waals surface area contributed by atoms with Gasteiger partial charge in [0.1, 0.15) is 0 Å². The van der Waals surface area contributed by atoms with Gasteiger partial charge >= 0.3 is 0 Å². The summed E-state index contributed by atoms with van der Waals surface area (Å²) >= 11 is 0. The fourth-order valence-corrected chi connectivity index (χ4v) is 4.45. The predicted molar refractivity (Wildman–Crippen MR) is 121 cm³/mol. The molecule has 1 aliphatic rings. The molecule has 1 unspecified atom stereocenters. The molecule has 1 aromatic heterocycles. The number of hydrogen-bond donors (Lipinski definition) is 0. The van der Waals surface area contributed by atoms with E-state index >= 15 is 0 Å². The smallest absolute Gasteiger partial charge is 0.240 e.